The Morgan fingerprint density at radius 1 is 1.07 bits per heavy atom. The zero-order chi connectivity index (χ0) is 18.8. The van der Waals surface area contributed by atoms with Crippen molar-refractivity contribution in [2.45, 2.75) is 13.3 Å². The Morgan fingerprint density at radius 2 is 1.81 bits per heavy atom. The van der Waals surface area contributed by atoms with Gasteiger partial charge >= 0.3 is 0 Å². The predicted molar refractivity (Wildman–Crippen MR) is 102 cm³/mol. The summed E-state index contributed by atoms with van der Waals surface area (Å²) in [5.41, 5.74) is 2.02. The highest BCUT2D eigenvalue weighted by Gasteiger charge is 2.38. The minimum absolute atomic E-state index is 0.0235. The molecule has 0 N–H and O–H groups in total. The van der Waals surface area contributed by atoms with E-state index in [2.05, 4.69) is 14.9 Å². The number of benzene rings is 1. The highest BCUT2D eigenvalue weighted by Crippen LogP contribution is 2.27. The van der Waals surface area contributed by atoms with Gasteiger partial charge in [-0.1, -0.05) is 17.7 Å². The number of aromatic nitrogens is 2. The quantitative estimate of drug-likeness (QED) is 0.824. The monoisotopic (exact) mass is 365 g/mol. The van der Waals surface area contributed by atoms with Crippen molar-refractivity contribution in [1.82, 2.24) is 14.9 Å². The topological polar surface area (TPSA) is 69.6 Å². The Morgan fingerprint density at radius 3 is 2.48 bits per heavy atom. The van der Waals surface area contributed by atoms with Crippen LogP contribution in [0.5, 0.6) is 0 Å². The Labute approximate surface area is 158 Å². The van der Waals surface area contributed by atoms with Crippen LogP contribution in [0.1, 0.15) is 12.0 Å². The highest BCUT2D eigenvalue weighted by molar-refractivity contribution is 6.00. The molecule has 0 saturated carbocycles. The molecule has 0 bridgehead atoms. The lowest BCUT2D eigenvalue weighted by molar-refractivity contribution is -0.136. The van der Waals surface area contributed by atoms with Crippen LogP contribution in [0.2, 0.25) is 0 Å². The van der Waals surface area contributed by atoms with Gasteiger partial charge in [-0.25, -0.2) is 4.98 Å². The molecule has 0 radical (unpaired) electrons. The molecule has 1 atom stereocenters. The van der Waals surface area contributed by atoms with E-state index in [0.717, 1.165) is 30.2 Å². The van der Waals surface area contributed by atoms with E-state index < -0.39 is 0 Å². The van der Waals surface area contributed by atoms with E-state index in [0.29, 0.717) is 19.6 Å². The number of amides is 2. The summed E-state index contributed by atoms with van der Waals surface area (Å²) in [4.78, 5) is 39.5. The standard InChI is InChI=1S/C20H23N5O2/c1-15-2-4-17(5-3-15)25-14-16(12-19(25)26)20(27)24-10-8-23(9-11-24)18-13-21-6-7-22-18/h2-7,13,16H,8-12,14H2,1H3. The molecule has 140 valence electrons. The summed E-state index contributed by atoms with van der Waals surface area (Å²) in [5.74, 6) is 0.681. The molecule has 0 aliphatic carbocycles. The molecular formula is C20H23N5O2. The van der Waals surface area contributed by atoms with E-state index in [-0.39, 0.29) is 24.2 Å². The summed E-state index contributed by atoms with van der Waals surface area (Å²) in [6.07, 6.45) is 5.36. The van der Waals surface area contributed by atoms with Crippen LogP contribution in [-0.4, -0.2) is 59.4 Å². The van der Waals surface area contributed by atoms with Gasteiger partial charge in [0.15, 0.2) is 0 Å². The molecular weight excluding hydrogens is 342 g/mol. The van der Waals surface area contributed by atoms with E-state index in [1.807, 2.05) is 36.1 Å². The first kappa shape index (κ1) is 17.5. The number of rotatable bonds is 3. The zero-order valence-corrected chi connectivity index (χ0v) is 15.4. The molecule has 7 nitrogen and oxygen atoms in total. The van der Waals surface area contributed by atoms with Gasteiger partial charge in [0.2, 0.25) is 11.8 Å². The van der Waals surface area contributed by atoms with Crippen molar-refractivity contribution in [2.75, 3.05) is 42.5 Å². The lowest BCUT2D eigenvalue weighted by atomic mass is 10.1. The van der Waals surface area contributed by atoms with Crippen molar-refractivity contribution >= 4 is 23.3 Å². The lowest BCUT2D eigenvalue weighted by Crippen LogP contribution is -2.51. The summed E-state index contributed by atoms with van der Waals surface area (Å²) in [6, 6.07) is 7.87. The molecule has 2 saturated heterocycles. The maximum absolute atomic E-state index is 12.9. The van der Waals surface area contributed by atoms with Crippen LogP contribution in [0.15, 0.2) is 42.9 Å². The van der Waals surface area contributed by atoms with E-state index in [1.54, 1.807) is 23.5 Å². The summed E-state index contributed by atoms with van der Waals surface area (Å²) < 4.78 is 0. The largest absolute Gasteiger partial charge is 0.352 e. The fraction of sp³-hybridized carbons (Fsp3) is 0.400. The average molecular weight is 365 g/mol. The van der Waals surface area contributed by atoms with Gasteiger partial charge in [0.1, 0.15) is 5.82 Å². The van der Waals surface area contributed by atoms with Gasteiger partial charge in [-0.15, -0.1) is 0 Å². The van der Waals surface area contributed by atoms with Crippen LogP contribution in [0, 0.1) is 12.8 Å². The molecule has 1 aromatic carbocycles. The highest BCUT2D eigenvalue weighted by atomic mass is 16.2. The minimum atomic E-state index is -0.262. The predicted octanol–water partition coefficient (Wildman–Crippen LogP) is 1.49. The van der Waals surface area contributed by atoms with Gasteiger partial charge in [0.05, 0.1) is 12.1 Å². The van der Waals surface area contributed by atoms with Gasteiger partial charge < -0.3 is 14.7 Å². The second-order valence-electron chi connectivity index (χ2n) is 7.12. The van der Waals surface area contributed by atoms with Gasteiger partial charge in [-0.05, 0) is 19.1 Å². The van der Waals surface area contributed by atoms with Gasteiger partial charge in [0, 0.05) is 57.2 Å². The Hall–Kier alpha value is -2.96. The average Bonchev–Trinajstić information content (AvgIpc) is 3.10. The van der Waals surface area contributed by atoms with E-state index >= 15 is 0 Å². The smallest absolute Gasteiger partial charge is 0.228 e. The zero-order valence-electron chi connectivity index (χ0n) is 15.4. The fourth-order valence-electron chi connectivity index (χ4n) is 3.72. The molecule has 1 unspecified atom stereocenters. The van der Waals surface area contributed by atoms with E-state index in [9.17, 15) is 9.59 Å². The van der Waals surface area contributed by atoms with Gasteiger partial charge in [-0.3, -0.25) is 14.6 Å². The van der Waals surface area contributed by atoms with Crippen molar-refractivity contribution in [3.63, 3.8) is 0 Å². The molecule has 27 heavy (non-hydrogen) atoms. The van der Waals surface area contributed by atoms with Crippen LogP contribution >= 0.6 is 0 Å². The van der Waals surface area contributed by atoms with Crippen LogP contribution in [0.3, 0.4) is 0 Å². The molecule has 0 spiro atoms. The molecule has 4 rings (SSSR count). The van der Waals surface area contributed by atoms with E-state index in [1.165, 1.54) is 0 Å². The van der Waals surface area contributed by atoms with Gasteiger partial charge in [0.25, 0.3) is 0 Å². The van der Waals surface area contributed by atoms with Crippen molar-refractivity contribution in [3.8, 4) is 0 Å². The Kier molecular flexibility index (Phi) is 4.75. The lowest BCUT2D eigenvalue weighted by Gasteiger charge is -2.36. The molecule has 1 aromatic heterocycles. The normalized spacial score (nSPS) is 20.3. The molecule has 2 amide bonds. The van der Waals surface area contributed by atoms with Crippen molar-refractivity contribution in [3.05, 3.63) is 48.4 Å². The molecule has 2 fully saturated rings. The maximum atomic E-state index is 12.9. The molecule has 2 aliphatic rings. The Balaban J connectivity index is 1.36. The molecule has 3 heterocycles. The first-order valence-corrected chi connectivity index (χ1v) is 9.28. The van der Waals surface area contributed by atoms with Crippen LogP contribution < -0.4 is 9.80 Å². The molecule has 7 heteroatoms. The third-order valence-corrected chi connectivity index (χ3v) is 5.28. The van der Waals surface area contributed by atoms with Gasteiger partial charge in [-0.2, -0.15) is 0 Å². The third kappa shape index (κ3) is 3.63. The SMILES string of the molecule is Cc1ccc(N2CC(C(=O)N3CCN(c4cnccn4)CC3)CC2=O)cc1. The van der Waals surface area contributed by atoms with E-state index in [4.69, 9.17) is 0 Å². The summed E-state index contributed by atoms with van der Waals surface area (Å²) in [7, 11) is 0. The number of hydrogen-bond donors (Lipinski definition) is 0. The number of carbonyl (C=O) groups is 2. The number of anilines is 2. The second kappa shape index (κ2) is 7.34. The number of carbonyl (C=O) groups excluding carboxylic acids is 2. The number of nitrogens with zero attached hydrogens (tertiary/aromatic N) is 5. The van der Waals surface area contributed by atoms with Crippen LogP contribution in [-0.2, 0) is 9.59 Å². The number of piperazine rings is 1. The first-order chi connectivity index (χ1) is 13.1. The maximum Gasteiger partial charge on any atom is 0.228 e. The third-order valence-electron chi connectivity index (χ3n) is 5.28. The molecule has 2 aliphatic heterocycles. The summed E-state index contributed by atoms with van der Waals surface area (Å²) in [6.45, 7) is 5.22. The fourth-order valence-corrected chi connectivity index (χ4v) is 3.72. The summed E-state index contributed by atoms with van der Waals surface area (Å²) >= 11 is 0. The van der Waals surface area contributed by atoms with Crippen LogP contribution in [0.25, 0.3) is 0 Å². The van der Waals surface area contributed by atoms with Crippen molar-refractivity contribution in [1.29, 1.82) is 0 Å². The Bertz CT molecular complexity index is 816. The first-order valence-electron chi connectivity index (χ1n) is 9.28. The van der Waals surface area contributed by atoms with Crippen molar-refractivity contribution < 1.29 is 9.59 Å². The van der Waals surface area contributed by atoms with Crippen molar-refractivity contribution in [2.24, 2.45) is 5.92 Å². The second-order valence-corrected chi connectivity index (χ2v) is 7.12. The number of hydrogen-bond acceptors (Lipinski definition) is 5. The molecule has 2 aromatic rings. The minimum Gasteiger partial charge on any atom is -0.352 e. The summed E-state index contributed by atoms with van der Waals surface area (Å²) in [5, 5.41) is 0. The number of aryl methyl sites for hydroxylation is 1. The van der Waals surface area contributed by atoms with Crippen LogP contribution in [0.4, 0.5) is 11.5 Å².